The standard InChI is InChI=1S/C25H22ClN7O2/c26-20-5-6-22-21(13-20)19(7-8-28-22)15-29-30-23-14-24(34)32(25(35)33(23)16-18-3-4-18)11-2-1-10-31-12-9-27-17-31/h5-9,12-15,17-18,30H,3-4,10-11,16H2/b29-15+. The van der Waals surface area contributed by atoms with Crippen molar-refractivity contribution in [2.75, 3.05) is 5.43 Å². The lowest BCUT2D eigenvalue weighted by Crippen LogP contribution is -2.40. The molecule has 4 aromatic rings. The molecule has 1 N–H and O–H groups in total. The second-order valence-corrected chi connectivity index (χ2v) is 8.75. The molecular formula is C25H22ClN7O2. The van der Waals surface area contributed by atoms with Crippen LogP contribution in [0, 0.1) is 17.8 Å². The number of anilines is 1. The van der Waals surface area contributed by atoms with Gasteiger partial charge in [0.1, 0.15) is 5.82 Å². The minimum atomic E-state index is -0.433. The first-order valence-electron chi connectivity index (χ1n) is 11.2. The van der Waals surface area contributed by atoms with Gasteiger partial charge < -0.3 is 4.57 Å². The van der Waals surface area contributed by atoms with Crippen molar-refractivity contribution in [3.05, 3.63) is 86.7 Å². The summed E-state index contributed by atoms with van der Waals surface area (Å²) in [6.45, 7) is 0.978. The Kier molecular flexibility index (Phi) is 6.46. The molecule has 176 valence electrons. The molecule has 10 heteroatoms. The van der Waals surface area contributed by atoms with Crippen LogP contribution in [0.15, 0.2) is 69.9 Å². The van der Waals surface area contributed by atoms with Gasteiger partial charge in [-0.15, -0.1) is 0 Å². The van der Waals surface area contributed by atoms with Crippen LogP contribution in [-0.4, -0.2) is 29.9 Å². The summed E-state index contributed by atoms with van der Waals surface area (Å²) in [7, 11) is 0. The SMILES string of the molecule is O=c1cc(N/N=C/c2ccnc3ccc(Cl)cc23)n(CC2CC2)c(=O)n1CC#CCn1ccnc1. The van der Waals surface area contributed by atoms with Crippen LogP contribution in [0.2, 0.25) is 5.02 Å². The van der Waals surface area contributed by atoms with E-state index in [1.54, 1.807) is 41.8 Å². The Morgan fingerprint density at radius 2 is 1.97 bits per heavy atom. The van der Waals surface area contributed by atoms with E-state index in [1.807, 2.05) is 22.8 Å². The number of nitrogens with one attached hydrogen (secondary N) is 1. The van der Waals surface area contributed by atoms with Gasteiger partial charge in [-0.25, -0.2) is 14.3 Å². The van der Waals surface area contributed by atoms with E-state index < -0.39 is 11.2 Å². The molecule has 1 aliphatic rings. The van der Waals surface area contributed by atoms with Gasteiger partial charge in [0, 0.05) is 47.2 Å². The topological polar surface area (TPSA) is 99.1 Å². The lowest BCUT2D eigenvalue weighted by Gasteiger charge is -2.13. The van der Waals surface area contributed by atoms with Gasteiger partial charge in [0.05, 0.1) is 31.1 Å². The summed E-state index contributed by atoms with van der Waals surface area (Å²) in [6.07, 6.45) is 10.6. The van der Waals surface area contributed by atoms with E-state index in [9.17, 15) is 9.59 Å². The fourth-order valence-electron chi connectivity index (χ4n) is 3.67. The highest BCUT2D eigenvalue weighted by atomic mass is 35.5. The van der Waals surface area contributed by atoms with Crippen molar-refractivity contribution in [3.63, 3.8) is 0 Å². The second kappa shape index (κ2) is 9.99. The van der Waals surface area contributed by atoms with Gasteiger partial charge in [-0.2, -0.15) is 5.10 Å². The molecule has 1 saturated carbocycles. The molecule has 5 rings (SSSR count). The van der Waals surface area contributed by atoms with Gasteiger partial charge in [-0.1, -0.05) is 23.4 Å². The number of fused-ring (bicyclic) bond motifs is 1. The van der Waals surface area contributed by atoms with Crippen molar-refractivity contribution in [1.29, 1.82) is 0 Å². The average molecular weight is 488 g/mol. The van der Waals surface area contributed by atoms with Crippen molar-refractivity contribution in [1.82, 2.24) is 23.7 Å². The molecule has 0 aliphatic heterocycles. The molecule has 0 bridgehead atoms. The van der Waals surface area contributed by atoms with E-state index in [-0.39, 0.29) is 6.54 Å². The first-order chi connectivity index (χ1) is 17.1. The number of halogens is 1. The largest absolute Gasteiger partial charge is 0.333 e. The zero-order chi connectivity index (χ0) is 24.2. The maximum atomic E-state index is 13.2. The maximum absolute atomic E-state index is 13.2. The molecule has 1 aromatic carbocycles. The van der Waals surface area contributed by atoms with Gasteiger partial charge in [0.2, 0.25) is 0 Å². The van der Waals surface area contributed by atoms with Crippen LogP contribution in [0.4, 0.5) is 5.82 Å². The number of imidazole rings is 1. The number of aromatic nitrogens is 5. The van der Waals surface area contributed by atoms with E-state index in [0.29, 0.717) is 29.8 Å². The van der Waals surface area contributed by atoms with Crippen molar-refractivity contribution in [2.45, 2.75) is 32.5 Å². The fourth-order valence-corrected chi connectivity index (χ4v) is 3.84. The van der Waals surface area contributed by atoms with Gasteiger partial charge in [-0.05, 0) is 43.0 Å². The molecule has 0 atom stereocenters. The van der Waals surface area contributed by atoms with E-state index in [2.05, 4.69) is 32.3 Å². The first-order valence-corrected chi connectivity index (χ1v) is 11.6. The fraction of sp³-hybridized carbons (Fsp3) is 0.240. The third-order valence-electron chi connectivity index (χ3n) is 5.72. The molecule has 3 aromatic heterocycles. The molecule has 1 fully saturated rings. The maximum Gasteiger partial charge on any atom is 0.333 e. The Balaban J connectivity index is 1.40. The number of pyridine rings is 1. The van der Waals surface area contributed by atoms with Crippen LogP contribution in [-0.2, 0) is 19.6 Å². The zero-order valence-electron chi connectivity index (χ0n) is 18.8. The minimum Gasteiger partial charge on any atom is -0.326 e. The highest BCUT2D eigenvalue weighted by Gasteiger charge is 2.24. The highest BCUT2D eigenvalue weighted by molar-refractivity contribution is 6.31. The molecule has 35 heavy (non-hydrogen) atoms. The highest BCUT2D eigenvalue weighted by Crippen LogP contribution is 2.30. The molecule has 0 unspecified atom stereocenters. The Bertz CT molecular complexity index is 1570. The van der Waals surface area contributed by atoms with Crippen LogP contribution < -0.4 is 16.7 Å². The van der Waals surface area contributed by atoms with Crippen LogP contribution in [0.25, 0.3) is 10.9 Å². The van der Waals surface area contributed by atoms with Gasteiger partial charge in [-0.3, -0.25) is 19.8 Å². The Labute approximate surface area is 205 Å². The summed E-state index contributed by atoms with van der Waals surface area (Å²) in [5.74, 6) is 6.64. The Morgan fingerprint density at radius 3 is 2.77 bits per heavy atom. The van der Waals surface area contributed by atoms with Crippen molar-refractivity contribution in [3.8, 4) is 11.8 Å². The average Bonchev–Trinajstić information content (AvgIpc) is 3.52. The van der Waals surface area contributed by atoms with Gasteiger partial charge >= 0.3 is 5.69 Å². The molecular weight excluding hydrogens is 466 g/mol. The summed E-state index contributed by atoms with van der Waals surface area (Å²) in [6, 6.07) is 8.66. The number of hydrazone groups is 1. The van der Waals surface area contributed by atoms with Gasteiger partial charge in [0.15, 0.2) is 0 Å². The lowest BCUT2D eigenvalue weighted by atomic mass is 10.1. The van der Waals surface area contributed by atoms with Crippen LogP contribution in [0.5, 0.6) is 0 Å². The predicted octanol–water partition coefficient (Wildman–Crippen LogP) is 2.97. The predicted molar refractivity (Wildman–Crippen MR) is 136 cm³/mol. The van der Waals surface area contributed by atoms with Crippen LogP contribution in [0.1, 0.15) is 18.4 Å². The summed E-state index contributed by atoms with van der Waals surface area (Å²) in [5.41, 5.74) is 3.65. The minimum absolute atomic E-state index is 0.0182. The van der Waals surface area contributed by atoms with E-state index in [4.69, 9.17) is 11.6 Å². The summed E-state index contributed by atoms with van der Waals surface area (Å²) in [5, 5.41) is 5.76. The number of benzene rings is 1. The number of rotatable bonds is 7. The molecule has 0 spiro atoms. The number of hydrogen-bond donors (Lipinski definition) is 1. The molecule has 0 saturated heterocycles. The number of nitrogens with zero attached hydrogens (tertiary/aromatic N) is 6. The van der Waals surface area contributed by atoms with Crippen LogP contribution >= 0.6 is 11.6 Å². The Morgan fingerprint density at radius 1 is 1.11 bits per heavy atom. The lowest BCUT2D eigenvalue weighted by molar-refractivity contribution is 0.555. The molecule has 9 nitrogen and oxygen atoms in total. The zero-order valence-corrected chi connectivity index (χ0v) is 19.5. The van der Waals surface area contributed by atoms with Crippen LogP contribution in [0.3, 0.4) is 0 Å². The number of hydrogen-bond acceptors (Lipinski definition) is 6. The second-order valence-electron chi connectivity index (χ2n) is 8.31. The summed E-state index contributed by atoms with van der Waals surface area (Å²) < 4.78 is 4.53. The third-order valence-corrected chi connectivity index (χ3v) is 5.95. The third kappa shape index (κ3) is 5.34. The molecule has 1 aliphatic carbocycles. The quantitative estimate of drug-likeness (QED) is 0.245. The molecule has 0 amide bonds. The first kappa shape index (κ1) is 22.6. The van der Waals surface area contributed by atoms with Gasteiger partial charge in [0.25, 0.3) is 5.56 Å². The summed E-state index contributed by atoms with van der Waals surface area (Å²) in [4.78, 5) is 34.2. The van der Waals surface area contributed by atoms with E-state index in [0.717, 1.165) is 33.9 Å². The van der Waals surface area contributed by atoms with E-state index in [1.165, 1.54) is 6.07 Å². The molecule has 3 heterocycles. The smallest absolute Gasteiger partial charge is 0.326 e. The summed E-state index contributed by atoms with van der Waals surface area (Å²) >= 11 is 6.14. The Hall–Kier alpha value is -4.16. The van der Waals surface area contributed by atoms with Crippen molar-refractivity contribution < 1.29 is 0 Å². The molecule has 0 radical (unpaired) electrons. The monoisotopic (exact) mass is 487 g/mol. The van der Waals surface area contributed by atoms with E-state index >= 15 is 0 Å². The normalized spacial score (nSPS) is 13.2. The van der Waals surface area contributed by atoms with Crippen molar-refractivity contribution in [2.24, 2.45) is 11.0 Å². The van der Waals surface area contributed by atoms with Crippen molar-refractivity contribution >= 4 is 34.5 Å².